The minimum Gasteiger partial charge on any atom is -0.396 e. The summed E-state index contributed by atoms with van der Waals surface area (Å²) in [4.78, 5) is 9.94. The average molecular weight is 229 g/mol. The van der Waals surface area contributed by atoms with Crippen molar-refractivity contribution >= 4 is 23.4 Å². The van der Waals surface area contributed by atoms with Crippen molar-refractivity contribution in [1.82, 2.24) is 9.97 Å². The van der Waals surface area contributed by atoms with Gasteiger partial charge >= 0.3 is 0 Å². The van der Waals surface area contributed by atoms with E-state index in [4.69, 9.17) is 22.4 Å². The van der Waals surface area contributed by atoms with Gasteiger partial charge in [0.05, 0.1) is 6.20 Å². The van der Waals surface area contributed by atoms with Crippen molar-refractivity contribution in [2.45, 2.75) is 6.42 Å². The molecule has 2 heterocycles. The maximum Gasteiger partial charge on any atom is 0.222 e. The first-order valence-electron chi connectivity index (χ1n) is 4.84. The minimum atomic E-state index is 0.203. The standard InChI is InChI=1S/C9H13ClN4O/c10-7-3-12-9(11)13-8(7)14-2-1-6(4-14)5-15/h3,6,15H,1-2,4-5H2,(H2,11,12,13). The third-order valence-corrected chi connectivity index (χ3v) is 2.85. The molecule has 3 N–H and O–H groups in total. The molecule has 0 saturated carbocycles. The monoisotopic (exact) mass is 228 g/mol. The van der Waals surface area contributed by atoms with E-state index in [-0.39, 0.29) is 12.6 Å². The lowest BCUT2D eigenvalue weighted by atomic mass is 10.1. The lowest BCUT2D eigenvalue weighted by Gasteiger charge is -2.18. The molecule has 5 nitrogen and oxygen atoms in total. The second kappa shape index (κ2) is 4.20. The molecule has 1 fully saturated rings. The summed E-state index contributed by atoms with van der Waals surface area (Å²) in [7, 11) is 0. The number of rotatable bonds is 2. The molecule has 0 aliphatic carbocycles. The van der Waals surface area contributed by atoms with Gasteiger partial charge in [-0.2, -0.15) is 4.98 Å². The van der Waals surface area contributed by atoms with Gasteiger partial charge in [0.2, 0.25) is 5.95 Å². The van der Waals surface area contributed by atoms with Crippen LogP contribution < -0.4 is 10.6 Å². The van der Waals surface area contributed by atoms with Crippen LogP contribution in [0.15, 0.2) is 6.20 Å². The number of aromatic nitrogens is 2. The van der Waals surface area contributed by atoms with Gasteiger partial charge in [-0.3, -0.25) is 0 Å². The number of aliphatic hydroxyl groups is 1. The number of nitrogen functional groups attached to an aromatic ring is 1. The topological polar surface area (TPSA) is 75.3 Å². The van der Waals surface area contributed by atoms with E-state index in [1.165, 1.54) is 6.20 Å². The Morgan fingerprint density at radius 1 is 1.67 bits per heavy atom. The Balaban J connectivity index is 2.19. The molecule has 6 heteroatoms. The molecule has 0 bridgehead atoms. The second-order valence-electron chi connectivity index (χ2n) is 3.68. The van der Waals surface area contributed by atoms with E-state index < -0.39 is 0 Å². The number of aliphatic hydroxyl groups excluding tert-OH is 1. The van der Waals surface area contributed by atoms with Crippen molar-refractivity contribution in [2.75, 3.05) is 30.3 Å². The number of hydrogen-bond acceptors (Lipinski definition) is 5. The molecule has 0 radical (unpaired) electrons. The molecule has 2 rings (SSSR count). The minimum absolute atomic E-state index is 0.203. The number of nitrogens with zero attached hydrogens (tertiary/aromatic N) is 3. The van der Waals surface area contributed by atoms with Crippen LogP contribution in [0.2, 0.25) is 5.02 Å². The van der Waals surface area contributed by atoms with Gasteiger partial charge in [0, 0.05) is 25.6 Å². The van der Waals surface area contributed by atoms with Crippen LogP contribution >= 0.6 is 11.6 Å². The summed E-state index contributed by atoms with van der Waals surface area (Å²) in [5, 5.41) is 9.54. The molecule has 1 aliphatic rings. The van der Waals surface area contributed by atoms with Crippen LogP contribution in [0.1, 0.15) is 6.42 Å². The first kappa shape index (κ1) is 10.4. The number of anilines is 2. The lowest BCUT2D eigenvalue weighted by Crippen LogP contribution is -2.22. The highest BCUT2D eigenvalue weighted by Gasteiger charge is 2.24. The zero-order valence-corrected chi connectivity index (χ0v) is 8.98. The van der Waals surface area contributed by atoms with Crippen LogP contribution in [0.3, 0.4) is 0 Å². The molecule has 0 aromatic carbocycles. The van der Waals surface area contributed by atoms with E-state index in [1.807, 2.05) is 4.90 Å². The summed E-state index contributed by atoms with van der Waals surface area (Å²) in [6.45, 7) is 1.82. The quantitative estimate of drug-likeness (QED) is 0.773. The molecule has 82 valence electrons. The fourth-order valence-corrected chi connectivity index (χ4v) is 1.98. The Morgan fingerprint density at radius 3 is 3.13 bits per heavy atom. The van der Waals surface area contributed by atoms with Crippen LogP contribution in [0.25, 0.3) is 0 Å². The van der Waals surface area contributed by atoms with Crippen LogP contribution in [0.4, 0.5) is 11.8 Å². The zero-order chi connectivity index (χ0) is 10.8. The highest BCUT2D eigenvalue weighted by molar-refractivity contribution is 6.32. The summed E-state index contributed by atoms with van der Waals surface area (Å²) in [6, 6.07) is 0. The lowest BCUT2D eigenvalue weighted by molar-refractivity contribution is 0.238. The smallest absolute Gasteiger partial charge is 0.222 e. The Labute approximate surface area is 92.9 Å². The normalized spacial score (nSPS) is 20.9. The van der Waals surface area contributed by atoms with Crippen LogP contribution in [0.5, 0.6) is 0 Å². The summed E-state index contributed by atoms with van der Waals surface area (Å²) in [5.74, 6) is 1.19. The molecule has 1 aromatic rings. The van der Waals surface area contributed by atoms with Crippen LogP contribution in [-0.4, -0.2) is 34.8 Å². The van der Waals surface area contributed by atoms with Crippen molar-refractivity contribution in [3.05, 3.63) is 11.2 Å². The van der Waals surface area contributed by atoms with E-state index in [0.29, 0.717) is 16.8 Å². The number of halogens is 1. The van der Waals surface area contributed by atoms with E-state index in [0.717, 1.165) is 19.5 Å². The van der Waals surface area contributed by atoms with E-state index in [9.17, 15) is 0 Å². The number of hydrogen-bond donors (Lipinski definition) is 2. The van der Waals surface area contributed by atoms with Crippen molar-refractivity contribution < 1.29 is 5.11 Å². The molecule has 0 spiro atoms. The Kier molecular flexibility index (Phi) is 2.93. The summed E-state index contributed by atoms with van der Waals surface area (Å²) in [6.07, 6.45) is 2.46. The largest absolute Gasteiger partial charge is 0.396 e. The van der Waals surface area contributed by atoms with Crippen molar-refractivity contribution in [3.8, 4) is 0 Å². The third-order valence-electron chi connectivity index (χ3n) is 2.59. The summed E-state index contributed by atoms with van der Waals surface area (Å²) >= 11 is 5.98. The molecular weight excluding hydrogens is 216 g/mol. The highest BCUT2D eigenvalue weighted by atomic mass is 35.5. The average Bonchev–Trinajstić information content (AvgIpc) is 2.70. The predicted molar refractivity (Wildman–Crippen MR) is 58.9 cm³/mol. The fraction of sp³-hybridized carbons (Fsp3) is 0.556. The Bertz CT molecular complexity index is 360. The van der Waals surface area contributed by atoms with Gasteiger partial charge < -0.3 is 15.7 Å². The second-order valence-corrected chi connectivity index (χ2v) is 4.09. The van der Waals surface area contributed by atoms with Crippen LogP contribution in [-0.2, 0) is 0 Å². The predicted octanol–water partition coefficient (Wildman–Crippen LogP) is 0.531. The maximum atomic E-state index is 9.04. The molecule has 1 saturated heterocycles. The Morgan fingerprint density at radius 2 is 2.47 bits per heavy atom. The summed E-state index contributed by atoms with van der Waals surface area (Å²) < 4.78 is 0. The van der Waals surface area contributed by atoms with Crippen molar-refractivity contribution in [1.29, 1.82) is 0 Å². The Hall–Kier alpha value is -1.07. The number of nitrogens with two attached hydrogens (primary N) is 1. The van der Waals surface area contributed by atoms with Gasteiger partial charge in [0.15, 0.2) is 5.82 Å². The molecule has 1 unspecified atom stereocenters. The SMILES string of the molecule is Nc1ncc(Cl)c(N2CCC(CO)C2)n1. The third kappa shape index (κ3) is 2.13. The van der Waals surface area contributed by atoms with Gasteiger partial charge in [0.25, 0.3) is 0 Å². The van der Waals surface area contributed by atoms with E-state index in [1.54, 1.807) is 0 Å². The molecule has 1 aromatic heterocycles. The van der Waals surface area contributed by atoms with E-state index >= 15 is 0 Å². The first-order chi connectivity index (χ1) is 7.20. The maximum absolute atomic E-state index is 9.04. The van der Waals surface area contributed by atoms with Crippen LogP contribution in [0, 0.1) is 5.92 Å². The molecular formula is C9H13ClN4O. The first-order valence-corrected chi connectivity index (χ1v) is 5.22. The van der Waals surface area contributed by atoms with Crippen molar-refractivity contribution in [2.24, 2.45) is 5.92 Å². The van der Waals surface area contributed by atoms with Crippen molar-refractivity contribution in [3.63, 3.8) is 0 Å². The van der Waals surface area contributed by atoms with Gasteiger partial charge in [-0.15, -0.1) is 0 Å². The van der Waals surface area contributed by atoms with Gasteiger partial charge in [-0.25, -0.2) is 4.98 Å². The molecule has 15 heavy (non-hydrogen) atoms. The zero-order valence-electron chi connectivity index (χ0n) is 8.23. The highest BCUT2D eigenvalue weighted by Crippen LogP contribution is 2.28. The van der Waals surface area contributed by atoms with Gasteiger partial charge in [-0.05, 0) is 6.42 Å². The van der Waals surface area contributed by atoms with E-state index in [2.05, 4.69) is 9.97 Å². The molecule has 0 amide bonds. The van der Waals surface area contributed by atoms with Gasteiger partial charge in [0.1, 0.15) is 5.02 Å². The van der Waals surface area contributed by atoms with Gasteiger partial charge in [-0.1, -0.05) is 11.6 Å². The molecule has 1 atom stereocenters. The fourth-order valence-electron chi connectivity index (χ4n) is 1.77. The summed E-state index contributed by atoms with van der Waals surface area (Å²) in [5.41, 5.74) is 5.51. The molecule has 1 aliphatic heterocycles.